The summed E-state index contributed by atoms with van der Waals surface area (Å²) in [6.07, 6.45) is 0. The molecule has 0 aromatic heterocycles. The number of amides is 2. The zero-order valence-corrected chi connectivity index (χ0v) is 15.8. The molecule has 0 fully saturated rings. The molecule has 122 valence electrons. The second-order valence-electron chi connectivity index (χ2n) is 6.31. The maximum absolute atomic E-state index is 12.1. The van der Waals surface area contributed by atoms with Crippen LogP contribution in [0.4, 0.5) is 5.69 Å². The van der Waals surface area contributed by atoms with Crippen LogP contribution in [-0.2, 0) is 9.59 Å². The first-order valence-electron chi connectivity index (χ1n) is 7.39. The average Bonchev–Trinajstić information content (AvgIpc) is 2.35. The maximum atomic E-state index is 12.1. The van der Waals surface area contributed by atoms with Crippen LogP contribution in [0, 0.1) is 3.57 Å². The van der Waals surface area contributed by atoms with Gasteiger partial charge in [-0.25, -0.2) is 0 Å². The molecule has 2 amide bonds. The van der Waals surface area contributed by atoms with Crippen molar-refractivity contribution in [1.29, 1.82) is 0 Å². The van der Waals surface area contributed by atoms with Crippen LogP contribution >= 0.6 is 22.6 Å². The topological polar surface area (TPSA) is 62.6 Å². The van der Waals surface area contributed by atoms with E-state index in [9.17, 15) is 9.59 Å². The Bertz CT molecular complexity index is 526. The highest BCUT2D eigenvalue weighted by Crippen LogP contribution is 2.11. The molecule has 0 aliphatic heterocycles. The number of hydrogen-bond acceptors (Lipinski definition) is 2. The van der Waals surface area contributed by atoms with E-state index in [1.165, 1.54) is 0 Å². The second-order valence-corrected chi connectivity index (χ2v) is 7.56. The smallest absolute Gasteiger partial charge is 0.279 e. The summed E-state index contributed by atoms with van der Waals surface area (Å²) < 4.78 is 1.07. The minimum absolute atomic E-state index is 0.0357. The van der Waals surface area contributed by atoms with Crippen molar-refractivity contribution in [2.75, 3.05) is 25.0 Å². The summed E-state index contributed by atoms with van der Waals surface area (Å²) in [6.45, 7) is 9.10. The van der Waals surface area contributed by atoms with Crippen LogP contribution in [0.15, 0.2) is 24.3 Å². The summed E-state index contributed by atoms with van der Waals surface area (Å²) in [5.74, 6) is -0.117. The highest BCUT2D eigenvalue weighted by atomic mass is 127. The summed E-state index contributed by atoms with van der Waals surface area (Å²) in [5.41, 5.74) is 0.533. The van der Waals surface area contributed by atoms with E-state index >= 15 is 0 Å². The van der Waals surface area contributed by atoms with Crippen LogP contribution in [0.5, 0.6) is 0 Å². The fourth-order valence-electron chi connectivity index (χ4n) is 2.00. The van der Waals surface area contributed by atoms with E-state index in [0.29, 0.717) is 6.54 Å². The Morgan fingerprint density at radius 1 is 1.18 bits per heavy atom. The molecular formula is C16H25IN3O2+. The SMILES string of the molecule is CC[NH+](CC(=O)Nc1cccc(I)c1)CC(=O)NC(C)(C)C. The molecule has 0 heterocycles. The minimum atomic E-state index is -0.251. The van der Waals surface area contributed by atoms with Crippen LogP contribution in [0.3, 0.4) is 0 Å². The van der Waals surface area contributed by atoms with Gasteiger partial charge in [-0.15, -0.1) is 0 Å². The molecule has 0 radical (unpaired) electrons. The van der Waals surface area contributed by atoms with Crippen LogP contribution in [0.2, 0.25) is 0 Å². The molecule has 1 atom stereocenters. The van der Waals surface area contributed by atoms with Crippen LogP contribution in [-0.4, -0.2) is 37.0 Å². The number of hydrogen-bond donors (Lipinski definition) is 3. The molecule has 0 saturated carbocycles. The number of benzene rings is 1. The normalized spacial score (nSPS) is 12.6. The Morgan fingerprint density at radius 3 is 2.36 bits per heavy atom. The summed E-state index contributed by atoms with van der Waals surface area (Å²) in [4.78, 5) is 25.0. The molecule has 0 spiro atoms. The second kappa shape index (κ2) is 8.47. The highest BCUT2D eigenvalue weighted by molar-refractivity contribution is 14.1. The van der Waals surface area contributed by atoms with Crippen molar-refractivity contribution in [3.05, 3.63) is 27.8 Å². The van der Waals surface area contributed by atoms with Crippen molar-refractivity contribution in [3.63, 3.8) is 0 Å². The Labute approximate surface area is 146 Å². The maximum Gasteiger partial charge on any atom is 0.279 e. The molecule has 0 bridgehead atoms. The van der Waals surface area contributed by atoms with Gasteiger partial charge in [-0.1, -0.05) is 6.07 Å². The van der Waals surface area contributed by atoms with E-state index in [0.717, 1.165) is 20.7 Å². The predicted molar refractivity (Wildman–Crippen MR) is 96.9 cm³/mol. The molecule has 0 saturated heterocycles. The molecule has 0 aliphatic rings. The van der Waals surface area contributed by atoms with Gasteiger partial charge in [0.05, 0.1) is 6.54 Å². The Kier molecular flexibility index (Phi) is 7.28. The molecular weight excluding hydrogens is 393 g/mol. The monoisotopic (exact) mass is 418 g/mol. The van der Waals surface area contributed by atoms with Crippen molar-refractivity contribution >= 4 is 40.1 Å². The molecule has 6 heteroatoms. The Morgan fingerprint density at radius 2 is 1.82 bits per heavy atom. The lowest BCUT2D eigenvalue weighted by Crippen LogP contribution is -3.14. The predicted octanol–water partition coefficient (Wildman–Crippen LogP) is 1.05. The zero-order chi connectivity index (χ0) is 16.8. The standard InChI is InChI=1S/C16H24IN3O2/c1-5-20(11-15(22)19-16(2,3)4)10-14(21)18-13-8-6-7-12(17)9-13/h6-9H,5,10-11H2,1-4H3,(H,18,21)(H,19,22)/p+1. The summed E-state index contributed by atoms with van der Waals surface area (Å²) in [6, 6.07) is 7.64. The van der Waals surface area contributed by atoms with Gasteiger partial charge < -0.3 is 15.5 Å². The number of likely N-dealkylation sites (N-methyl/N-ethyl adjacent to an activating group) is 1. The Hall–Kier alpha value is -1.15. The molecule has 0 aliphatic carbocycles. The zero-order valence-electron chi connectivity index (χ0n) is 13.6. The number of quaternary nitrogens is 1. The van der Waals surface area contributed by atoms with Crippen LogP contribution in [0.1, 0.15) is 27.7 Å². The number of halogens is 1. The Balaban J connectivity index is 2.51. The number of nitrogens with one attached hydrogen (secondary N) is 3. The first-order chi connectivity index (χ1) is 10.2. The fraction of sp³-hybridized carbons (Fsp3) is 0.500. The molecule has 3 N–H and O–H groups in total. The highest BCUT2D eigenvalue weighted by Gasteiger charge is 2.20. The summed E-state index contributed by atoms with van der Waals surface area (Å²) in [7, 11) is 0. The van der Waals surface area contributed by atoms with E-state index in [2.05, 4.69) is 33.2 Å². The lowest BCUT2D eigenvalue weighted by molar-refractivity contribution is -0.881. The summed E-state index contributed by atoms with van der Waals surface area (Å²) in [5, 5.41) is 5.79. The van der Waals surface area contributed by atoms with E-state index in [-0.39, 0.29) is 23.9 Å². The van der Waals surface area contributed by atoms with Crippen molar-refractivity contribution in [2.24, 2.45) is 0 Å². The van der Waals surface area contributed by atoms with Crippen molar-refractivity contribution < 1.29 is 14.5 Å². The third kappa shape index (κ3) is 7.74. The van der Waals surface area contributed by atoms with Gasteiger partial charge in [-0.05, 0) is 68.5 Å². The molecule has 1 aromatic rings. The number of carbonyl (C=O) groups is 2. The molecule has 1 aromatic carbocycles. The van der Waals surface area contributed by atoms with Gasteiger partial charge in [-0.3, -0.25) is 9.59 Å². The van der Waals surface area contributed by atoms with E-state index in [1.54, 1.807) is 0 Å². The van der Waals surface area contributed by atoms with Gasteiger partial charge in [-0.2, -0.15) is 0 Å². The van der Waals surface area contributed by atoms with Crippen molar-refractivity contribution in [2.45, 2.75) is 33.2 Å². The molecule has 5 nitrogen and oxygen atoms in total. The quantitative estimate of drug-likeness (QED) is 0.605. The third-order valence-corrected chi connectivity index (χ3v) is 3.61. The lowest BCUT2D eigenvalue weighted by atomic mass is 10.1. The van der Waals surface area contributed by atoms with Crippen molar-refractivity contribution in [1.82, 2.24) is 5.32 Å². The van der Waals surface area contributed by atoms with E-state index in [4.69, 9.17) is 0 Å². The van der Waals surface area contributed by atoms with Crippen molar-refractivity contribution in [3.8, 4) is 0 Å². The first kappa shape index (κ1) is 18.9. The van der Waals surface area contributed by atoms with Crippen LogP contribution in [0.25, 0.3) is 0 Å². The number of anilines is 1. The number of carbonyl (C=O) groups excluding carboxylic acids is 2. The van der Waals surface area contributed by atoms with Gasteiger partial charge in [0.15, 0.2) is 13.1 Å². The lowest BCUT2D eigenvalue weighted by Gasteiger charge is -2.23. The molecule has 22 heavy (non-hydrogen) atoms. The first-order valence-corrected chi connectivity index (χ1v) is 8.47. The molecule has 1 unspecified atom stereocenters. The van der Waals surface area contributed by atoms with Crippen LogP contribution < -0.4 is 15.5 Å². The van der Waals surface area contributed by atoms with E-state index in [1.807, 2.05) is 52.0 Å². The van der Waals surface area contributed by atoms with Gasteiger partial charge in [0.1, 0.15) is 0 Å². The van der Waals surface area contributed by atoms with E-state index < -0.39 is 0 Å². The molecule has 1 rings (SSSR count). The van der Waals surface area contributed by atoms with Gasteiger partial charge in [0.2, 0.25) is 0 Å². The number of rotatable bonds is 6. The largest absolute Gasteiger partial charge is 0.347 e. The van der Waals surface area contributed by atoms with Gasteiger partial charge >= 0.3 is 0 Å². The summed E-state index contributed by atoms with van der Waals surface area (Å²) >= 11 is 2.20. The van der Waals surface area contributed by atoms with Gasteiger partial charge in [0, 0.05) is 14.8 Å². The third-order valence-electron chi connectivity index (χ3n) is 2.94. The average molecular weight is 418 g/mol. The minimum Gasteiger partial charge on any atom is -0.347 e. The van der Waals surface area contributed by atoms with Gasteiger partial charge in [0.25, 0.3) is 11.8 Å². The fourth-order valence-corrected chi connectivity index (χ4v) is 2.54.